The van der Waals surface area contributed by atoms with Gasteiger partial charge in [-0.25, -0.2) is 4.79 Å². The average Bonchev–Trinajstić information content (AvgIpc) is 2.81. The maximum absolute atomic E-state index is 11.6. The molecule has 0 saturated carbocycles. The fourth-order valence-corrected chi connectivity index (χ4v) is 3.05. The van der Waals surface area contributed by atoms with Gasteiger partial charge in [0.05, 0.1) is 26.4 Å². The molecule has 2 aromatic rings. The van der Waals surface area contributed by atoms with Crippen molar-refractivity contribution in [3.05, 3.63) is 59.7 Å². The molecule has 1 N–H and O–H groups in total. The number of carbonyl (C=O) groups is 1. The standard InChI is InChI=1S/C22H25NO4/c1-22(2)12-16(19-11-18(25-3)9-10-20(19)27-14-22)13-23-17-7-5-15(6-8-17)21(24)26-4/h5-12,23H,13-14H2,1-4H3. The van der Waals surface area contributed by atoms with Crippen LogP contribution in [0.15, 0.2) is 48.5 Å². The van der Waals surface area contributed by atoms with Crippen molar-refractivity contribution >= 4 is 17.2 Å². The molecule has 5 nitrogen and oxygen atoms in total. The topological polar surface area (TPSA) is 56.8 Å². The van der Waals surface area contributed by atoms with Crippen LogP contribution in [0.3, 0.4) is 0 Å². The number of fused-ring (bicyclic) bond motifs is 1. The first-order valence-corrected chi connectivity index (χ1v) is 8.87. The number of ether oxygens (including phenoxy) is 3. The maximum atomic E-state index is 11.6. The molecule has 1 aliphatic heterocycles. The lowest BCUT2D eigenvalue weighted by Gasteiger charge is -2.19. The Labute approximate surface area is 159 Å². The van der Waals surface area contributed by atoms with Crippen LogP contribution in [0.5, 0.6) is 11.5 Å². The molecule has 0 atom stereocenters. The highest BCUT2D eigenvalue weighted by Crippen LogP contribution is 2.37. The van der Waals surface area contributed by atoms with Gasteiger partial charge in [0.1, 0.15) is 11.5 Å². The van der Waals surface area contributed by atoms with Gasteiger partial charge in [0.2, 0.25) is 0 Å². The summed E-state index contributed by atoms with van der Waals surface area (Å²) in [6.07, 6.45) is 2.24. The molecule has 142 valence electrons. The number of anilines is 1. The lowest BCUT2D eigenvalue weighted by Crippen LogP contribution is -2.18. The van der Waals surface area contributed by atoms with Gasteiger partial charge in [-0.05, 0) is 48.0 Å². The van der Waals surface area contributed by atoms with Crippen LogP contribution in [-0.2, 0) is 4.74 Å². The Morgan fingerprint density at radius 2 is 1.89 bits per heavy atom. The molecule has 0 aromatic heterocycles. The van der Waals surface area contributed by atoms with E-state index in [0.29, 0.717) is 18.7 Å². The average molecular weight is 367 g/mol. The van der Waals surface area contributed by atoms with Crippen LogP contribution in [0.2, 0.25) is 0 Å². The Bertz CT molecular complexity index is 853. The van der Waals surface area contributed by atoms with Crippen LogP contribution < -0.4 is 14.8 Å². The van der Waals surface area contributed by atoms with E-state index in [1.807, 2.05) is 30.3 Å². The molecular weight excluding hydrogens is 342 g/mol. The molecule has 0 amide bonds. The summed E-state index contributed by atoms with van der Waals surface area (Å²) >= 11 is 0. The number of nitrogens with one attached hydrogen (secondary N) is 1. The van der Waals surface area contributed by atoms with Crippen LogP contribution in [0.25, 0.3) is 5.57 Å². The van der Waals surface area contributed by atoms with Crippen LogP contribution in [0.4, 0.5) is 5.69 Å². The molecule has 0 bridgehead atoms. The zero-order valence-electron chi connectivity index (χ0n) is 16.2. The molecule has 5 heteroatoms. The smallest absolute Gasteiger partial charge is 0.337 e. The van der Waals surface area contributed by atoms with E-state index >= 15 is 0 Å². The van der Waals surface area contributed by atoms with Crippen LogP contribution in [0, 0.1) is 5.41 Å². The summed E-state index contributed by atoms with van der Waals surface area (Å²) < 4.78 is 16.1. The molecule has 3 rings (SSSR count). The van der Waals surface area contributed by atoms with Gasteiger partial charge < -0.3 is 19.5 Å². The first kappa shape index (κ1) is 18.8. The summed E-state index contributed by atoms with van der Waals surface area (Å²) in [4.78, 5) is 11.6. The molecule has 0 fully saturated rings. The number of rotatable bonds is 5. The third kappa shape index (κ3) is 4.42. The summed E-state index contributed by atoms with van der Waals surface area (Å²) in [7, 11) is 3.04. The maximum Gasteiger partial charge on any atom is 0.337 e. The van der Waals surface area contributed by atoms with E-state index in [9.17, 15) is 4.79 Å². The van der Waals surface area contributed by atoms with E-state index in [1.165, 1.54) is 7.11 Å². The van der Waals surface area contributed by atoms with Gasteiger partial charge in [-0.1, -0.05) is 19.9 Å². The molecule has 27 heavy (non-hydrogen) atoms. The van der Waals surface area contributed by atoms with Gasteiger partial charge in [0.15, 0.2) is 0 Å². The zero-order valence-corrected chi connectivity index (χ0v) is 16.2. The van der Waals surface area contributed by atoms with E-state index in [1.54, 1.807) is 19.2 Å². The van der Waals surface area contributed by atoms with Crippen molar-refractivity contribution in [2.45, 2.75) is 13.8 Å². The normalized spacial score (nSPS) is 14.9. The lowest BCUT2D eigenvalue weighted by atomic mass is 9.90. The quantitative estimate of drug-likeness (QED) is 0.794. The summed E-state index contributed by atoms with van der Waals surface area (Å²) in [6, 6.07) is 13.1. The minimum absolute atomic E-state index is 0.0853. The first-order chi connectivity index (χ1) is 12.9. The van der Waals surface area contributed by atoms with Crippen LogP contribution >= 0.6 is 0 Å². The van der Waals surface area contributed by atoms with Gasteiger partial charge >= 0.3 is 5.97 Å². The van der Waals surface area contributed by atoms with Crippen LogP contribution in [0.1, 0.15) is 29.8 Å². The Hall–Kier alpha value is -2.95. The molecule has 0 saturated heterocycles. The van der Waals surface area contributed by atoms with Crippen molar-refractivity contribution in [2.24, 2.45) is 5.41 Å². The highest BCUT2D eigenvalue weighted by Gasteiger charge is 2.24. The van der Waals surface area contributed by atoms with E-state index in [4.69, 9.17) is 14.2 Å². The van der Waals surface area contributed by atoms with Gasteiger partial charge in [-0.3, -0.25) is 0 Å². The number of hydrogen-bond donors (Lipinski definition) is 1. The largest absolute Gasteiger partial charge is 0.497 e. The number of carbonyl (C=O) groups excluding carboxylic acids is 1. The second-order valence-electron chi connectivity index (χ2n) is 7.23. The Morgan fingerprint density at radius 1 is 1.15 bits per heavy atom. The summed E-state index contributed by atoms with van der Waals surface area (Å²) in [5, 5.41) is 3.43. The van der Waals surface area contributed by atoms with Gasteiger partial charge in [-0.15, -0.1) is 0 Å². The molecule has 0 aliphatic carbocycles. The Kier molecular flexibility index (Phi) is 5.40. The van der Waals surface area contributed by atoms with Crippen molar-refractivity contribution in [1.29, 1.82) is 0 Å². The number of benzene rings is 2. The van der Waals surface area contributed by atoms with Crippen molar-refractivity contribution in [3.8, 4) is 11.5 Å². The second kappa shape index (κ2) is 7.74. The fourth-order valence-electron chi connectivity index (χ4n) is 3.05. The first-order valence-electron chi connectivity index (χ1n) is 8.87. The van der Waals surface area contributed by atoms with Crippen molar-refractivity contribution in [2.75, 3.05) is 32.7 Å². The minimum Gasteiger partial charge on any atom is -0.497 e. The monoisotopic (exact) mass is 367 g/mol. The highest BCUT2D eigenvalue weighted by molar-refractivity contribution is 5.89. The van der Waals surface area contributed by atoms with Crippen molar-refractivity contribution in [3.63, 3.8) is 0 Å². The van der Waals surface area contributed by atoms with E-state index < -0.39 is 0 Å². The molecule has 0 radical (unpaired) electrons. The molecule has 2 aromatic carbocycles. The predicted molar refractivity (Wildman–Crippen MR) is 107 cm³/mol. The highest BCUT2D eigenvalue weighted by atomic mass is 16.5. The summed E-state index contributed by atoms with van der Waals surface area (Å²) in [5.74, 6) is 1.31. The fraction of sp³-hybridized carbons (Fsp3) is 0.318. The van der Waals surface area contributed by atoms with E-state index in [-0.39, 0.29) is 11.4 Å². The number of esters is 1. The molecule has 1 heterocycles. The summed E-state index contributed by atoms with van der Waals surface area (Å²) in [5.41, 5.74) is 3.54. The second-order valence-corrected chi connectivity index (χ2v) is 7.23. The van der Waals surface area contributed by atoms with Gasteiger partial charge in [-0.2, -0.15) is 0 Å². The number of hydrogen-bond acceptors (Lipinski definition) is 5. The third-order valence-corrected chi connectivity index (χ3v) is 4.49. The lowest BCUT2D eigenvalue weighted by molar-refractivity contribution is 0.0601. The van der Waals surface area contributed by atoms with Crippen molar-refractivity contribution in [1.82, 2.24) is 0 Å². The van der Waals surface area contributed by atoms with E-state index in [0.717, 1.165) is 28.3 Å². The molecular formula is C22H25NO4. The number of methoxy groups -OCH3 is 2. The SMILES string of the molecule is COC(=O)c1ccc(NCC2=CC(C)(C)COc3ccc(OC)cc32)cc1. The molecule has 0 spiro atoms. The molecule has 1 aliphatic rings. The van der Waals surface area contributed by atoms with Crippen LogP contribution in [-0.4, -0.2) is 33.3 Å². The Balaban J connectivity index is 1.84. The van der Waals surface area contributed by atoms with Gasteiger partial charge in [0.25, 0.3) is 0 Å². The summed E-state index contributed by atoms with van der Waals surface area (Å²) in [6.45, 7) is 5.55. The third-order valence-electron chi connectivity index (χ3n) is 4.49. The van der Waals surface area contributed by atoms with Crippen molar-refractivity contribution < 1.29 is 19.0 Å². The molecule has 0 unspecified atom stereocenters. The van der Waals surface area contributed by atoms with E-state index in [2.05, 4.69) is 25.2 Å². The zero-order chi connectivity index (χ0) is 19.4. The van der Waals surface area contributed by atoms with Gasteiger partial charge in [0, 0.05) is 23.2 Å². The minimum atomic E-state index is -0.340. The predicted octanol–water partition coefficient (Wildman–Crippen LogP) is 4.40. The Morgan fingerprint density at radius 3 is 2.56 bits per heavy atom.